The van der Waals surface area contributed by atoms with E-state index in [0.717, 1.165) is 18.4 Å². The van der Waals surface area contributed by atoms with Crippen LogP contribution in [0.15, 0.2) is 72.1 Å². The van der Waals surface area contributed by atoms with Crippen molar-refractivity contribution in [2.75, 3.05) is 18.4 Å². The van der Waals surface area contributed by atoms with E-state index in [4.69, 9.17) is 14.2 Å². The van der Waals surface area contributed by atoms with E-state index in [1.807, 2.05) is 6.92 Å². The second kappa shape index (κ2) is 10.4. The number of methoxy groups -OCH3 is 1. The van der Waals surface area contributed by atoms with E-state index >= 15 is 0 Å². The molecule has 190 valence electrons. The summed E-state index contributed by atoms with van der Waals surface area (Å²) in [5.41, 5.74) is 1.46. The Morgan fingerprint density at radius 2 is 1.76 bits per heavy atom. The van der Waals surface area contributed by atoms with Crippen LogP contribution in [0, 0.1) is 12.8 Å². The van der Waals surface area contributed by atoms with Crippen LogP contribution in [0.2, 0.25) is 0 Å². The number of hydrogen-bond acceptors (Lipinski definition) is 9. The lowest BCUT2D eigenvalue weighted by atomic mass is 10.2. The minimum atomic E-state index is -4.13. The molecule has 1 fully saturated rings. The Labute approximate surface area is 214 Å². The Balaban J connectivity index is 1.64. The molecule has 0 atom stereocenters. The third-order valence-corrected chi connectivity index (χ3v) is 6.85. The third-order valence-electron chi connectivity index (χ3n) is 5.60. The van der Waals surface area contributed by atoms with Crippen molar-refractivity contribution < 1.29 is 22.6 Å². The highest BCUT2D eigenvalue weighted by Crippen LogP contribution is 2.42. The van der Waals surface area contributed by atoms with E-state index in [0.29, 0.717) is 29.6 Å². The number of rotatable bonds is 10. The maximum atomic E-state index is 13.3. The van der Waals surface area contributed by atoms with Gasteiger partial charge in [-0.05, 0) is 61.6 Å². The quantitative estimate of drug-likeness (QED) is 0.319. The van der Waals surface area contributed by atoms with Crippen molar-refractivity contribution in [2.45, 2.75) is 24.8 Å². The van der Waals surface area contributed by atoms with Crippen molar-refractivity contribution in [3.8, 4) is 34.5 Å². The number of sulfonamides is 1. The molecular weight excluding hydrogens is 494 g/mol. The largest absolute Gasteiger partial charge is 0.493 e. The summed E-state index contributed by atoms with van der Waals surface area (Å²) in [5, 5.41) is -0.161. The summed E-state index contributed by atoms with van der Waals surface area (Å²) in [6.45, 7) is 2.24. The number of pyridine rings is 2. The van der Waals surface area contributed by atoms with Crippen molar-refractivity contribution in [3.63, 3.8) is 0 Å². The second-order valence-electron chi connectivity index (χ2n) is 8.55. The van der Waals surface area contributed by atoms with E-state index in [-0.39, 0.29) is 28.3 Å². The lowest BCUT2D eigenvalue weighted by Gasteiger charge is -2.18. The first-order chi connectivity index (χ1) is 17.9. The fourth-order valence-corrected chi connectivity index (χ4v) is 4.34. The highest BCUT2D eigenvalue weighted by atomic mass is 32.2. The minimum absolute atomic E-state index is 0.0126. The highest BCUT2D eigenvalue weighted by molar-refractivity contribution is 7.92. The number of nitrogens with zero attached hydrogens (tertiary/aromatic N) is 4. The minimum Gasteiger partial charge on any atom is -0.493 e. The van der Waals surface area contributed by atoms with Crippen LogP contribution < -0.4 is 18.9 Å². The molecular formula is C26H25N5O5S. The Bertz CT molecular complexity index is 1490. The van der Waals surface area contributed by atoms with Crippen LogP contribution in [0.3, 0.4) is 0 Å². The molecule has 0 bridgehead atoms. The molecule has 4 aromatic rings. The molecule has 3 heterocycles. The molecule has 0 amide bonds. The fourth-order valence-electron chi connectivity index (χ4n) is 3.41. The molecule has 3 aromatic heterocycles. The maximum absolute atomic E-state index is 13.3. The van der Waals surface area contributed by atoms with Crippen LogP contribution in [0.4, 0.5) is 5.82 Å². The number of para-hydroxylation sites is 2. The third kappa shape index (κ3) is 5.78. The SMILES string of the molecule is COc1ccccc1Oc1c(NS(=O)(=O)c2ccc(C)cn2)nc(-c2ccncc2)nc1OCC1CC1. The molecule has 0 spiro atoms. The summed E-state index contributed by atoms with van der Waals surface area (Å²) in [4.78, 5) is 17.2. The van der Waals surface area contributed by atoms with E-state index in [9.17, 15) is 8.42 Å². The van der Waals surface area contributed by atoms with E-state index in [1.54, 1.807) is 54.9 Å². The number of aryl methyl sites for hydroxylation is 1. The molecule has 1 aliphatic rings. The summed E-state index contributed by atoms with van der Waals surface area (Å²) < 4.78 is 46.8. The van der Waals surface area contributed by atoms with Crippen LogP contribution >= 0.6 is 0 Å². The monoisotopic (exact) mass is 519 g/mol. The number of ether oxygens (including phenoxy) is 3. The molecule has 1 N–H and O–H groups in total. The maximum Gasteiger partial charge on any atom is 0.280 e. The Morgan fingerprint density at radius 1 is 1.00 bits per heavy atom. The van der Waals surface area contributed by atoms with Crippen molar-refractivity contribution in [1.29, 1.82) is 0 Å². The van der Waals surface area contributed by atoms with Crippen LogP contribution in [-0.2, 0) is 10.0 Å². The molecule has 1 aromatic carbocycles. The predicted octanol–water partition coefficient (Wildman–Crippen LogP) is 4.63. The number of aromatic nitrogens is 4. The van der Waals surface area contributed by atoms with Crippen molar-refractivity contribution >= 4 is 15.8 Å². The normalized spacial score (nSPS) is 13.1. The van der Waals surface area contributed by atoms with Gasteiger partial charge in [0.1, 0.15) is 0 Å². The number of anilines is 1. The van der Waals surface area contributed by atoms with Crippen molar-refractivity contribution in [2.24, 2.45) is 5.92 Å². The van der Waals surface area contributed by atoms with E-state index in [1.165, 1.54) is 19.4 Å². The zero-order chi connectivity index (χ0) is 25.8. The smallest absolute Gasteiger partial charge is 0.280 e. The molecule has 0 radical (unpaired) electrons. The molecule has 11 heteroatoms. The van der Waals surface area contributed by atoms with Gasteiger partial charge in [-0.2, -0.15) is 13.4 Å². The first-order valence-corrected chi connectivity index (χ1v) is 13.1. The van der Waals surface area contributed by atoms with Gasteiger partial charge in [0.2, 0.25) is 5.75 Å². The predicted molar refractivity (Wildman–Crippen MR) is 136 cm³/mol. The molecule has 37 heavy (non-hydrogen) atoms. The summed E-state index contributed by atoms with van der Waals surface area (Å²) in [6.07, 6.45) is 6.80. The van der Waals surface area contributed by atoms with Gasteiger partial charge in [-0.25, -0.2) is 9.97 Å². The van der Waals surface area contributed by atoms with E-state index < -0.39 is 10.0 Å². The first kappa shape index (κ1) is 24.4. The average Bonchev–Trinajstić information content (AvgIpc) is 3.74. The highest BCUT2D eigenvalue weighted by Gasteiger charge is 2.28. The topological polar surface area (TPSA) is 125 Å². The van der Waals surface area contributed by atoms with Crippen molar-refractivity contribution in [3.05, 3.63) is 72.7 Å². The molecule has 5 rings (SSSR count). The summed E-state index contributed by atoms with van der Waals surface area (Å²) in [5.74, 6) is 1.47. The lowest BCUT2D eigenvalue weighted by Crippen LogP contribution is -2.17. The van der Waals surface area contributed by atoms with Gasteiger partial charge < -0.3 is 14.2 Å². The number of nitrogens with one attached hydrogen (secondary N) is 1. The van der Waals surface area contributed by atoms with Gasteiger partial charge in [-0.15, -0.1) is 0 Å². The summed E-state index contributed by atoms with van der Waals surface area (Å²) in [7, 11) is -2.61. The standard InChI is InChI=1S/C26H25N5O5S/c1-17-7-10-22(28-15-17)37(32,33)31-25-23(36-21-6-4-3-5-20(21)34-2)26(35-16-18-8-9-18)30-24(29-25)19-11-13-27-14-12-19/h3-7,10-15,18H,8-9,16H2,1-2H3,(H,29,30,31). The Hall–Kier alpha value is -4.25. The molecule has 0 aliphatic heterocycles. The van der Waals surface area contributed by atoms with Crippen LogP contribution in [-0.4, -0.2) is 42.1 Å². The average molecular weight is 520 g/mol. The molecule has 0 unspecified atom stereocenters. The van der Waals surface area contributed by atoms with Gasteiger partial charge in [0, 0.05) is 24.2 Å². The molecule has 1 saturated carbocycles. The zero-order valence-corrected chi connectivity index (χ0v) is 21.1. The van der Waals surface area contributed by atoms with Crippen molar-refractivity contribution in [1.82, 2.24) is 19.9 Å². The second-order valence-corrected chi connectivity index (χ2v) is 10.2. The molecule has 0 saturated heterocycles. The van der Waals surface area contributed by atoms with Gasteiger partial charge in [0.05, 0.1) is 13.7 Å². The van der Waals surface area contributed by atoms with Gasteiger partial charge in [0.15, 0.2) is 28.2 Å². The summed E-state index contributed by atoms with van der Waals surface area (Å²) >= 11 is 0. The zero-order valence-electron chi connectivity index (χ0n) is 20.3. The van der Waals surface area contributed by atoms with Crippen LogP contribution in [0.1, 0.15) is 18.4 Å². The molecule has 10 nitrogen and oxygen atoms in total. The van der Waals surface area contributed by atoms with Gasteiger partial charge in [-0.1, -0.05) is 18.2 Å². The van der Waals surface area contributed by atoms with Crippen LogP contribution in [0.25, 0.3) is 11.4 Å². The lowest BCUT2D eigenvalue weighted by molar-refractivity contribution is 0.273. The Kier molecular flexibility index (Phi) is 6.87. The Morgan fingerprint density at radius 3 is 2.43 bits per heavy atom. The van der Waals surface area contributed by atoms with Gasteiger partial charge >= 0.3 is 0 Å². The summed E-state index contributed by atoms with van der Waals surface area (Å²) in [6, 6.07) is 13.5. The van der Waals surface area contributed by atoms with Gasteiger partial charge in [0.25, 0.3) is 15.9 Å². The molecule has 1 aliphatic carbocycles. The fraction of sp³-hybridized carbons (Fsp3) is 0.231. The van der Waals surface area contributed by atoms with E-state index in [2.05, 4.69) is 24.7 Å². The first-order valence-electron chi connectivity index (χ1n) is 11.6. The van der Waals surface area contributed by atoms with Gasteiger partial charge in [-0.3, -0.25) is 9.71 Å². The number of benzene rings is 1. The van der Waals surface area contributed by atoms with Crippen LogP contribution in [0.5, 0.6) is 23.1 Å². The number of hydrogen-bond donors (Lipinski definition) is 1.